The third-order valence-electron chi connectivity index (χ3n) is 3.51. The molecule has 0 saturated carbocycles. The Morgan fingerprint density at radius 1 is 1.27 bits per heavy atom. The SMILES string of the molecule is CC(=O)COC(=O)c1cc([N+](=O)[O-])ccc1N1CCCCC1. The maximum absolute atomic E-state index is 12.2. The van der Waals surface area contributed by atoms with Gasteiger partial charge in [0.25, 0.3) is 5.69 Å². The number of nitro groups is 1. The molecule has 0 N–H and O–H groups in total. The van der Waals surface area contributed by atoms with Crippen LogP contribution in [0.3, 0.4) is 0 Å². The van der Waals surface area contributed by atoms with Gasteiger partial charge in [0.15, 0.2) is 5.78 Å². The molecule has 22 heavy (non-hydrogen) atoms. The van der Waals surface area contributed by atoms with Gasteiger partial charge in [-0.1, -0.05) is 0 Å². The van der Waals surface area contributed by atoms with Gasteiger partial charge in [-0.15, -0.1) is 0 Å². The Morgan fingerprint density at radius 3 is 2.55 bits per heavy atom. The lowest BCUT2D eigenvalue weighted by atomic mass is 10.1. The summed E-state index contributed by atoms with van der Waals surface area (Å²) in [6, 6.07) is 4.17. The van der Waals surface area contributed by atoms with Gasteiger partial charge < -0.3 is 9.64 Å². The standard InChI is InChI=1S/C15H18N2O5/c1-11(18)10-22-15(19)13-9-12(17(20)21)5-6-14(13)16-7-3-2-4-8-16/h5-6,9H,2-4,7-8,10H2,1H3. The van der Waals surface area contributed by atoms with E-state index in [-0.39, 0.29) is 23.6 Å². The number of ketones is 1. The summed E-state index contributed by atoms with van der Waals surface area (Å²) in [5.41, 5.74) is 0.590. The quantitative estimate of drug-likeness (QED) is 0.471. The van der Waals surface area contributed by atoms with Crippen molar-refractivity contribution in [2.45, 2.75) is 26.2 Å². The molecule has 0 spiro atoms. The Kier molecular flexibility index (Phi) is 5.08. The fraction of sp³-hybridized carbons (Fsp3) is 0.467. The third-order valence-corrected chi connectivity index (χ3v) is 3.51. The maximum Gasteiger partial charge on any atom is 0.340 e. The second kappa shape index (κ2) is 7.02. The molecule has 7 nitrogen and oxygen atoms in total. The fourth-order valence-corrected chi connectivity index (χ4v) is 2.46. The predicted molar refractivity (Wildman–Crippen MR) is 80.1 cm³/mol. The van der Waals surface area contributed by atoms with Crippen molar-refractivity contribution in [1.82, 2.24) is 0 Å². The minimum Gasteiger partial charge on any atom is -0.454 e. The zero-order valence-electron chi connectivity index (χ0n) is 12.4. The first kappa shape index (κ1) is 15.9. The van der Waals surface area contributed by atoms with E-state index >= 15 is 0 Å². The number of carbonyl (C=O) groups excluding carboxylic acids is 2. The van der Waals surface area contributed by atoms with Crippen LogP contribution in [0.25, 0.3) is 0 Å². The van der Waals surface area contributed by atoms with Gasteiger partial charge in [-0.3, -0.25) is 14.9 Å². The second-order valence-electron chi connectivity index (χ2n) is 5.28. The summed E-state index contributed by atoms with van der Waals surface area (Å²) in [5.74, 6) is -0.988. The third kappa shape index (κ3) is 3.81. The zero-order valence-corrected chi connectivity index (χ0v) is 12.4. The number of benzene rings is 1. The summed E-state index contributed by atoms with van der Waals surface area (Å²) in [6.45, 7) is 2.57. The van der Waals surface area contributed by atoms with Crippen LogP contribution in [0.2, 0.25) is 0 Å². The van der Waals surface area contributed by atoms with E-state index in [0.29, 0.717) is 5.69 Å². The van der Waals surface area contributed by atoms with E-state index in [2.05, 4.69) is 0 Å². The number of anilines is 1. The molecule has 2 rings (SSSR count). The van der Waals surface area contributed by atoms with E-state index < -0.39 is 10.9 Å². The van der Waals surface area contributed by atoms with Gasteiger partial charge >= 0.3 is 5.97 Å². The van der Waals surface area contributed by atoms with Gasteiger partial charge in [0.1, 0.15) is 6.61 Å². The monoisotopic (exact) mass is 306 g/mol. The van der Waals surface area contributed by atoms with Crippen LogP contribution in [-0.2, 0) is 9.53 Å². The topological polar surface area (TPSA) is 89.8 Å². The minimum absolute atomic E-state index is 0.136. The highest BCUT2D eigenvalue weighted by Crippen LogP contribution is 2.28. The summed E-state index contributed by atoms with van der Waals surface area (Å²) in [6.07, 6.45) is 3.16. The fourth-order valence-electron chi connectivity index (χ4n) is 2.46. The molecule has 0 bridgehead atoms. The van der Waals surface area contributed by atoms with Crippen LogP contribution >= 0.6 is 0 Å². The number of hydrogen-bond donors (Lipinski definition) is 0. The molecule has 7 heteroatoms. The molecule has 1 aromatic carbocycles. The van der Waals surface area contributed by atoms with Gasteiger partial charge in [-0.2, -0.15) is 0 Å². The van der Waals surface area contributed by atoms with Gasteiger partial charge in [-0.25, -0.2) is 4.79 Å². The van der Waals surface area contributed by atoms with E-state index in [1.807, 2.05) is 4.90 Å². The molecule has 1 heterocycles. The highest BCUT2D eigenvalue weighted by Gasteiger charge is 2.23. The van der Waals surface area contributed by atoms with Crippen LogP contribution in [0, 0.1) is 10.1 Å². The largest absolute Gasteiger partial charge is 0.454 e. The number of Topliss-reactive ketones (excluding diaryl/α,β-unsaturated/α-hetero) is 1. The molecule has 1 aliphatic heterocycles. The average molecular weight is 306 g/mol. The summed E-state index contributed by atoms with van der Waals surface area (Å²) in [5, 5.41) is 10.9. The van der Waals surface area contributed by atoms with Gasteiger partial charge in [0.05, 0.1) is 16.2 Å². The molecule has 0 atom stereocenters. The average Bonchev–Trinajstić information content (AvgIpc) is 2.52. The van der Waals surface area contributed by atoms with Gasteiger partial charge in [0.2, 0.25) is 0 Å². The number of hydrogen-bond acceptors (Lipinski definition) is 6. The predicted octanol–water partition coefficient (Wildman–Crippen LogP) is 2.33. The summed E-state index contributed by atoms with van der Waals surface area (Å²) in [4.78, 5) is 35.5. The van der Waals surface area contributed by atoms with Crippen molar-refractivity contribution < 1.29 is 19.2 Å². The number of piperidine rings is 1. The van der Waals surface area contributed by atoms with Crippen molar-refractivity contribution in [2.75, 3.05) is 24.6 Å². The molecule has 0 amide bonds. The van der Waals surface area contributed by atoms with Crippen LogP contribution in [0.4, 0.5) is 11.4 Å². The van der Waals surface area contributed by atoms with Crippen molar-refractivity contribution in [2.24, 2.45) is 0 Å². The number of nitrogens with zero attached hydrogens (tertiary/aromatic N) is 2. The molecule has 118 valence electrons. The molecular weight excluding hydrogens is 288 g/mol. The lowest BCUT2D eigenvalue weighted by Gasteiger charge is -2.30. The Bertz CT molecular complexity index is 594. The van der Waals surface area contributed by atoms with Crippen LogP contribution in [0.1, 0.15) is 36.5 Å². The van der Waals surface area contributed by atoms with Crippen molar-refractivity contribution in [3.05, 3.63) is 33.9 Å². The smallest absolute Gasteiger partial charge is 0.340 e. The Labute approximate surface area is 128 Å². The zero-order chi connectivity index (χ0) is 16.1. The van der Waals surface area contributed by atoms with Crippen molar-refractivity contribution in [3.8, 4) is 0 Å². The highest BCUT2D eigenvalue weighted by molar-refractivity contribution is 5.97. The van der Waals surface area contributed by atoms with E-state index in [1.165, 1.54) is 19.1 Å². The Balaban J connectivity index is 2.32. The second-order valence-corrected chi connectivity index (χ2v) is 5.28. The number of non-ortho nitro benzene ring substituents is 1. The molecule has 1 aromatic rings. The molecular formula is C15H18N2O5. The Hall–Kier alpha value is -2.44. The lowest BCUT2D eigenvalue weighted by molar-refractivity contribution is -0.384. The first-order valence-corrected chi connectivity index (χ1v) is 7.19. The number of nitro benzene ring substituents is 1. The summed E-state index contributed by atoms with van der Waals surface area (Å²) in [7, 11) is 0. The molecule has 0 aliphatic carbocycles. The van der Waals surface area contributed by atoms with E-state index in [9.17, 15) is 19.7 Å². The first-order valence-electron chi connectivity index (χ1n) is 7.19. The molecule has 1 fully saturated rings. The maximum atomic E-state index is 12.2. The van der Waals surface area contributed by atoms with Crippen molar-refractivity contribution >= 4 is 23.1 Å². The lowest BCUT2D eigenvalue weighted by Crippen LogP contribution is -2.31. The van der Waals surface area contributed by atoms with E-state index in [0.717, 1.165) is 32.4 Å². The van der Waals surface area contributed by atoms with Crippen molar-refractivity contribution in [1.29, 1.82) is 0 Å². The summed E-state index contributed by atoms with van der Waals surface area (Å²) >= 11 is 0. The number of ether oxygens (including phenoxy) is 1. The number of carbonyl (C=O) groups is 2. The molecule has 0 radical (unpaired) electrons. The first-order chi connectivity index (χ1) is 10.5. The van der Waals surface area contributed by atoms with E-state index in [1.54, 1.807) is 6.07 Å². The van der Waals surface area contributed by atoms with Crippen LogP contribution in [-0.4, -0.2) is 36.4 Å². The molecule has 0 aromatic heterocycles. The van der Waals surface area contributed by atoms with Crippen molar-refractivity contribution in [3.63, 3.8) is 0 Å². The van der Waals surface area contributed by atoms with Crippen LogP contribution in [0.15, 0.2) is 18.2 Å². The highest BCUT2D eigenvalue weighted by atomic mass is 16.6. The molecule has 0 unspecified atom stereocenters. The minimum atomic E-state index is -0.709. The van der Waals surface area contributed by atoms with Gasteiger partial charge in [-0.05, 0) is 32.3 Å². The number of esters is 1. The summed E-state index contributed by atoms with van der Waals surface area (Å²) < 4.78 is 4.92. The Morgan fingerprint density at radius 2 is 1.95 bits per heavy atom. The van der Waals surface area contributed by atoms with Crippen LogP contribution in [0.5, 0.6) is 0 Å². The number of rotatable bonds is 5. The van der Waals surface area contributed by atoms with Gasteiger partial charge in [0, 0.05) is 25.2 Å². The normalized spacial score (nSPS) is 14.5. The van der Waals surface area contributed by atoms with Crippen LogP contribution < -0.4 is 4.90 Å². The van der Waals surface area contributed by atoms with E-state index in [4.69, 9.17) is 4.74 Å². The molecule has 1 saturated heterocycles. The molecule has 1 aliphatic rings.